The maximum atomic E-state index is 12.7. The summed E-state index contributed by atoms with van der Waals surface area (Å²) < 4.78 is 40.0. The number of allylic oxidation sites excluding steroid dienone is 7. The maximum absolute atomic E-state index is 12.7. The molecule has 1 N–H and O–H groups in total. The third-order valence-corrected chi connectivity index (χ3v) is 10.2. The third kappa shape index (κ3) is 33.8. The van der Waals surface area contributed by atoms with E-state index in [4.69, 9.17) is 23.3 Å². The predicted octanol–water partition coefficient (Wildman–Crippen LogP) is 10.9. The molecule has 4 atom stereocenters. The van der Waals surface area contributed by atoms with Crippen LogP contribution in [0.4, 0.5) is 0 Å². The van der Waals surface area contributed by atoms with Crippen LogP contribution in [0.2, 0.25) is 0 Å². The zero-order valence-corrected chi connectivity index (χ0v) is 36.2. The number of esters is 2. The Hall–Kier alpha value is -2.07. The van der Waals surface area contributed by atoms with Gasteiger partial charge in [0.05, 0.1) is 40.0 Å². The number of phosphoric acid groups is 1. The number of epoxide rings is 1. The standard InChI is InChI=1S/C44H78NO9P/c1-6-8-10-11-12-13-14-15-16-17-18-19-23-26-30-34-43(46)50-38-40(39-52-55(48,49)51-37-36-45(3,4)5)53-44(47)35-31-27-24-21-20-22-25-29-33-42-41(54-42)32-28-9-7-2/h12-13,15-16,18-19,25,29,40-42H,6-11,14,17,20-24,26-28,30-39H2,1-5H3/p+1/b13-12-,16-15-,19-18-,29-25-/t40-,41?,42?/m1/s1. The van der Waals surface area contributed by atoms with Crippen molar-refractivity contribution in [1.29, 1.82) is 0 Å². The van der Waals surface area contributed by atoms with Crippen molar-refractivity contribution in [2.24, 2.45) is 0 Å². The van der Waals surface area contributed by atoms with E-state index < -0.39 is 32.5 Å². The molecule has 0 aromatic heterocycles. The van der Waals surface area contributed by atoms with E-state index in [1.165, 1.54) is 44.9 Å². The van der Waals surface area contributed by atoms with Crippen LogP contribution in [0.3, 0.4) is 0 Å². The number of hydrogen-bond donors (Lipinski definition) is 1. The fraction of sp³-hybridized carbons (Fsp3) is 0.773. The van der Waals surface area contributed by atoms with Crippen molar-refractivity contribution in [3.05, 3.63) is 48.6 Å². The number of carbonyl (C=O) groups excluding carboxylic acids is 2. The van der Waals surface area contributed by atoms with Gasteiger partial charge in [0.25, 0.3) is 0 Å². The summed E-state index contributed by atoms with van der Waals surface area (Å²) in [5.74, 6) is -0.869. The third-order valence-electron chi connectivity index (χ3n) is 9.26. The molecule has 1 saturated heterocycles. The highest BCUT2D eigenvalue weighted by Crippen LogP contribution is 2.43. The number of hydrogen-bond acceptors (Lipinski definition) is 8. The molecule has 0 radical (unpaired) electrons. The number of carbonyl (C=O) groups is 2. The second-order valence-corrected chi connectivity index (χ2v) is 17.2. The Morgan fingerprint density at radius 1 is 0.673 bits per heavy atom. The van der Waals surface area contributed by atoms with Crippen molar-refractivity contribution in [3.63, 3.8) is 0 Å². The molecule has 0 saturated carbocycles. The molecule has 318 valence electrons. The lowest BCUT2D eigenvalue weighted by Gasteiger charge is -2.24. The van der Waals surface area contributed by atoms with Gasteiger partial charge in [0, 0.05) is 12.8 Å². The fourth-order valence-electron chi connectivity index (χ4n) is 5.73. The molecule has 1 fully saturated rings. The van der Waals surface area contributed by atoms with E-state index in [9.17, 15) is 19.0 Å². The van der Waals surface area contributed by atoms with Crippen LogP contribution in [0.1, 0.15) is 155 Å². The molecule has 11 heteroatoms. The van der Waals surface area contributed by atoms with Gasteiger partial charge in [0.1, 0.15) is 19.8 Å². The Kier molecular flexibility index (Phi) is 30.5. The predicted molar refractivity (Wildman–Crippen MR) is 224 cm³/mol. The molecular formula is C44H79NO9P+. The lowest BCUT2D eigenvalue weighted by Crippen LogP contribution is -2.37. The minimum atomic E-state index is -4.39. The summed E-state index contributed by atoms with van der Waals surface area (Å²) in [6, 6.07) is 0. The minimum absolute atomic E-state index is 0.0186. The van der Waals surface area contributed by atoms with E-state index in [-0.39, 0.29) is 26.1 Å². The molecule has 0 spiro atoms. The minimum Gasteiger partial charge on any atom is -0.462 e. The van der Waals surface area contributed by atoms with Gasteiger partial charge in [0.15, 0.2) is 6.10 Å². The lowest BCUT2D eigenvalue weighted by atomic mass is 10.1. The van der Waals surface area contributed by atoms with Gasteiger partial charge < -0.3 is 23.6 Å². The van der Waals surface area contributed by atoms with Crippen LogP contribution in [-0.4, -0.2) is 87.1 Å². The first-order valence-corrected chi connectivity index (χ1v) is 23.0. The van der Waals surface area contributed by atoms with Gasteiger partial charge >= 0.3 is 19.8 Å². The van der Waals surface area contributed by atoms with Gasteiger partial charge in [0.2, 0.25) is 0 Å². The SMILES string of the molecule is CCCCC/C=C\C/C=C\C/C=C\CCCCC(=O)OC[C@H](COP(=O)(O)OCC[N+](C)(C)C)OC(=O)CCCCCCC/C=C\CC1OC1CCCCC. The second-order valence-electron chi connectivity index (χ2n) is 15.8. The number of quaternary nitrogens is 1. The highest BCUT2D eigenvalue weighted by Gasteiger charge is 2.36. The zero-order valence-electron chi connectivity index (χ0n) is 35.3. The summed E-state index contributed by atoms with van der Waals surface area (Å²) in [4.78, 5) is 35.3. The van der Waals surface area contributed by atoms with Gasteiger partial charge in [-0.15, -0.1) is 0 Å². The van der Waals surface area contributed by atoms with Crippen LogP contribution in [0.5, 0.6) is 0 Å². The van der Waals surface area contributed by atoms with Gasteiger partial charge in [-0.25, -0.2) is 4.57 Å². The zero-order chi connectivity index (χ0) is 40.5. The van der Waals surface area contributed by atoms with Crippen molar-refractivity contribution in [2.45, 2.75) is 173 Å². The molecule has 55 heavy (non-hydrogen) atoms. The van der Waals surface area contributed by atoms with Crippen LogP contribution >= 0.6 is 7.82 Å². The Morgan fingerprint density at radius 3 is 1.89 bits per heavy atom. The monoisotopic (exact) mass is 797 g/mol. The fourth-order valence-corrected chi connectivity index (χ4v) is 6.47. The van der Waals surface area contributed by atoms with Gasteiger partial charge in [-0.3, -0.25) is 18.6 Å². The van der Waals surface area contributed by atoms with Crippen LogP contribution in [0.15, 0.2) is 48.6 Å². The summed E-state index contributed by atoms with van der Waals surface area (Å²) >= 11 is 0. The smallest absolute Gasteiger partial charge is 0.462 e. The molecule has 0 aliphatic carbocycles. The van der Waals surface area contributed by atoms with E-state index in [0.717, 1.165) is 70.6 Å². The highest BCUT2D eigenvalue weighted by atomic mass is 31.2. The molecule has 0 aromatic carbocycles. The van der Waals surface area contributed by atoms with Gasteiger partial charge in [-0.05, 0) is 77.0 Å². The van der Waals surface area contributed by atoms with Crippen molar-refractivity contribution in [3.8, 4) is 0 Å². The van der Waals surface area contributed by atoms with E-state index in [0.29, 0.717) is 36.1 Å². The molecule has 1 heterocycles. The number of ether oxygens (including phenoxy) is 3. The van der Waals surface area contributed by atoms with Crippen molar-refractivity contribution in [1.82, 2.24) is 0 Å². The van der Waals surface area contributed by atoms with Crippen molar-refractivity contribution >= 4 is 19.8 Å². The first-order valence-electron chi connectivity index (χ1n) is 21.5. The van der Waals surface area contributed by atoms with E-state index in [1.807, 2.05) is 21.1 Å². The highest BCUT2D eigenvalue weighted by molar-refractivity contribution is 7.47. The van der Waals surface area contributed by atoms with E-state index >= 15 is 0 Å². The normalized spacial score (nSPS) is 17.8. The molecule has 10 nitrogen and oxygen atoms in total. The average molecular weight is 797 g/mol. The Labute approximate surface area is 335 Å². The largest absolute Gasteiger partial charge is 0.472 e. The molecule has 1 rings (SSSR count). The molecular weight excluding hydrogens is 717 g/mol. The first kappa shape index (κ1) is 50.9. The van der Waals surface area contributed by atoms with Crippen molar-refractivity contribution < 1.29 is 46.8 Å². The number of unbranched alkanes of at least 4 members (excludes halogenated alkanes) is 12. The number of likely N-dealkylation sites (N-methyl/N-ethyl adjacent to an activating group) is 1. The molecule has 0 aromatic rings. The topological polar surface area (TPSA) is 121 Å². The van der Waals surface area contributed by atoms with Gasteiger partial charge in [-0.2, -0.15) is 0 Å². The van der Waals surface area contributed by atoms with Crippen molar-refractivity contribution in [2.75, 3.05) is 47.5 Å². The Bertz CT molecular complexity index is 1150. The summed E-state index contributed by atoms with van der Waals surface area (Å²) in [5.41, 5.74) is 0. The summed E-state index contributed by atoms with van der Waals surface area (Å²) in [6.07, 6.45) is 39.0. The van der Waals surface area contributed by atoms with Crippen LogP contribution < -0.4 is 0 Å². The maximum Gasteiger partial charge on any atom is 0.472 e. The van der Waals surface area contributed by atoms with E-state index in [2.05, 4.69) is 62.5 Å². The number of phosphoric ester groups is 1. The summed E-state index contributed by atoms with van der Waals surface area (Å²) in [7, 11) is 1.43. The lowest BCUT2D eigenvalue weighted by molar-refractivity contribution is -0.870. The average Bonchev–Trinajstić information content (AvgIpc) is 3.89. The molecule has 1 aliphatic rings. The molecule has 0 amide bonds. The first-order chi connectivity index (χ1) is 26.5. The van der Waals surface area contributed by atoms with Crippen LogP contribution in [-0.2, 0) is 37.4 Å². The Morgan fingerprint density at radius 2 is 1.22 bits per heavy atom. The summed E-state index contributed by atoms with van der Waals surface area (Å²) in [6.45, 7) is 4.28. The van der Waals surface area contributed by atoms with Crippen LogP contribution in [0, 0.1) is 0 Å². The van der Waals surface area contributed by atoms with E-state index in [1.54, 1.807) is 0 Å². The number of nitrogens with zero attached hydrogens (tertiary/aromatic N) is 1. The molecule has 3 unspecified atom stereocenters. The van der Waals surface area contributed by atoms with Crippen LogP contribution in [0.25, 0.3) is 0 Å². The number of rotatable bonds is 37. The molecule has 0 bridgehead atoms. The second kappa shape index (κ2) is 33.0. The quantitative estimate of drug-likeness (QED) is 0.0163. The Balaban J connectivity index is 2.33. The molecule has 1 aliphatic heterocycles. The summed E-state index contributed by atoms with van der Waals surface area (Å²) in [5, 5.41) is 0. The van der Waals surface area contributed by atoms with Gasteiger partial charge in [-0.1, -0.05) is 114 Å².